The number of sulfone groups is 1. The van der Waals surface area contributed by atoms with Crippen molar-refractivity contribution in [2.24, 2.45) is 5.92 Å². The van der Waals surface area contributed by atoms with E-state index in [1.807, 2.05) is 0 Å². The van der Waals surface area contributed by atoms with Gasteiger partial charge in [-0.2, -0.15) is 0 Å². The molecule has 1 saturated heterocycles. The van der Waals surface area contributed by atoms with Gasteiger partial charge >= 0.3 is 0 Å². The van der Waals surface area contributed by atoms with E-state index in [9.17, 15) is 22.8 Å². The number of hydrazine groups is 1. The molecule has 0 aromatic heterocycles. The van der Waals surface area contributed by atoms with E-state index in [0.717, 1.165) is 0 Å². The number of ether oxygens (including phenoxy) is 1. The molecule has 2 heterocycles. The second kappa shape index (κ2) is 7.32. The zero-order valence-electron chi connectivity index (χ0n) is 13.9. The number of hydrogen-bond donors (Lipinski definition) is 2. The van der Waals surface area contributed by atoms with Gasteiger partial charge < -0.3 is 4.74 Å². The lowest BCUT2D eigenvalue weighted by Gasteiger charge is -2.21. The fraction of sp³-hybridized carbons (Fsp3) is 0.438. The van der Waals surface area contributed by atoms with E-state index in [4.69, 9.17) is 4.74 Å². The van der Waals surface area contributed by atoms with Crippen LogP contribution >= 0.6 is 0 Å². The Morgan fingerprint density at radius 2 is 2.00 bits per heavy atom. The zero-order chi connectivity index (χ0) is 18.7. The minimum atomic E-state index is -3.19. The minimum absolute atomic E-state index is 0.0297. The molecule has 0 unspecified atom stereocenters. The Balaban J connectivity index is 1.59. The van der Waals surface area contributed by atoms with Crippen molar-refractivity contribution in [3.63, 3.8) is 0 Å². The van der Waals surface area contributed by atoms with Crippen LogP contribution in [0.3, 0.4) is 0 Å². The minimum Gasteiger partial charge on any atom is -0.491 e. The molecule has 2 aliphatic rings. The van der Waals surface area contributed by atoms with Gasteiger partial charge in [0.25, 0.3) is 5.91 Å². The molecule has 140 valence electrons. The molecule has 1 aromatic carbocycles. The summed E-state index contributed by atoms with van der Waals surface area (Å²) in [5, 5.41) is 0. The number of hydrogen-bond acceptors (Lipinski definition) is 6. The average molecular weight is 381 g/mol. The summed E-state index contributed by atoms with van der Waals surface area (Å²) >= 11 is 0. The van der Waals surface area contributed by atoms with Gasteiger partial charge in [0, 0.05) is 0 Å². The largest absolute Gasteiger partial charge is 0.491 e. The molecule has 0 saturated carbocycles. The Morgan fingerprint density at radius 1 is 1.23 bits per heavy atom. The van der Waals surface area contributed by atoms with Crippen LogP contribution in [0.4, 0.5) is 5.69 Å². The summed E-state index contributed by atoms with van der Waals surface area (Å²) in [5.74, 6) is -1.82. The molecule has 10 heteroatoms. The molecule has 0 aliphatic carbocycles. The molecular weight excluding hydrogens is 362 g/mol. The van der Waals surface area contributed by atoms with Crippen LogP contribution in [0.25, 0.3) is 0 Å². The number of nitrogens with one attached hydrogen (secondary N) is 2. The highest BCUT2D eigenvalue weighted by Gasteiger charge is 2.33. The van der Waals surface area contributed by atoms with Gasteiger partial charge in [-0.1, -0.05) is 12.1 Å². The fourth-order valence-corrected chi connectivity index (χ4v) is 4.65. The van der Waals surface area contributed by atoms with Gasteiger partial charge in [0.2, 0.25) is 11.8 Å². The number of carbonyl (C=O) groups is 3. The third-order valence-corrected chi connectivity index (χ3v) is 6.03. The normalized spacial score (nSPS) is 21.3. The summed E-state index contributed by atoms with van der Waals surface area (Å²) < 4.78 is 28.3. The first-order chi connectivity index (χ1) is 12.4. The Morgan fingerprint density at radius 3 is 2.73 bits per heavy atom. The van der Waals surface area contributed by atoms with Crippen LogP contribution in [0.5, 0.6) is 5.75 Å². The summed E-state index contributed by atoms with van der Waals surface area (Å²) in [5.41, 5.74) is 4.96. The maximum atomic E-state index is 12.2. The van der Waals surface area contributed by atoms with E-state index in [2.05, 4.69) is 10.9 Å². The van der Waals surface area contributed by atoms with E-state index < -0.39 is 27.6 Å². The number of benzene rings is 1. The molecule has 3 amide bonds. The topological polar surface area (TPSA) is 122 Å². The van der Waals surface area contributed by atoms with E-state index in [1.165, 1.54) is 4.90 Å². The number of amides is 3. The first-order valence-corrected chi connectivity index (χ1v) is 9.99. The van der Waals surface area contributed by atoms with Crippen molar-refractivity contribution in [3.05, 3.63) is 24.3 Å². The van der Waals surface area contributed by atoms with Crippen LogP contribution < -0.4 is 20.5 Å². The molecular formula is C16H19N3O6S. The molecule has 3 rings (SSSR count). The Bertz CT molecular complexity index is 838. The zero-order valence-corrected chi connectivity index (χ0v) is 14.8. The number of para-hydroxylation sites is 2. The molecule has 0 bridgehead atoms. The van der Waals surface area contributed by atoms with Crippen molar-refractivity contribution in [1.29, 1.82) is 0 Å². The summed E-state index contributed by atoms with van der Waals surface area (Å²) in [6, 6.07) is 6.88. The van der Waals surface area contributed by atoms with E-state index >= 15 is 0 Å². The van der Waals surface area contributed by atoms with Crippen molar-refractivity contribution in [3.8, 4) is 5.75 Å². The van der Waals surface area contributed by atoms with Gasteiger partial charge in [-0.3, -0.25) is 30.1 Å². The van der Waals surface area contributed by atoms with Gasteiger partial charge in [0.15, 0.2) is 9.84 Å². The highest BCUT2D eigenvalue weighted by atomic mass is 32.2. The molecule has 1 fully saturated rings. The summed E-state index contributed by atoms with van der Waals surface area (Å²) in [4.78, 5) is 37.6. The third-order valence-electron chi connectivity index (χ3n) is 4.26. The predicted octanol–water partition coefficient (Wildman–Crippen LogP) is -0.616. The fourth-order valence-electron chi connectivity index (χ4n) is 2.91. The molecule has 2 aliphatic heterocycles. The molecule has 1 aromatic rings. The second-order valence-corrected chi connectivity index (χ2v) is 8.41. The maximum Gasteiger partial charge on any atom is 0.258 e. The van der Waals surface area contributed by atoms with E-state index in [1.54, 1.807) is 24.3 Å². The molecule has 1 atom stereocenters. The number of rotatable bonds is 3. The van der Waals surface area contributed by atoms with Crippen molar-refractivity contribution in [1.82, 2.24) is 10.9 Å². The monoisotopic (exact) mass is 381 g/mol. The first-order valence-electron chi connectivity index (χ1n) is 8.17. The van der Waals surface area contributed by atoms with Crippen LogP contribution in [0.15, 0.2) is 24.3 Å². The highest BCUT2D eigenvalue weighted by molar-refractivity contribution is 7.91. The van der Waals surface area contributed by atoms with Gasteiger partial charge in [0.1, 0.15) is 12.3 Å². The Labute approximate surface area is 150 Å². The molecule has 26 heavy (non-hydrogen) atoms. The van der Waals surface area contributed by atoms with E-state index in [0.29, 0.717) is 11.4 Å². The summed E-state index contributed by atoms with van der Waals surface area (Å²) in [6.45, 7) is -0.0662. The molecule has 0 radical (unpaired) electrons. The van der Waals surface area contributed by atoms with Crippen molar-refractivity contribution < 1.29 is 27.5 Å². The summed E-state index contributed by atoms with van der Waals surface area (Å²) in [6.07, 6.45) is 0.369. The number of nitrogens with zero attached hydrogens (tertiary/aromatic N) is 1. The second-order valence-electron chi connectivity index (χ2n) is 6.18. The number of carbonyl (C=O) groups excluding carboxylic acids is 3. The maximum absolute atomic E-state index is 12.2. The number of fused-ring (bicyclic) bond motifs is 1. The van der Waals surface area contributed by atoms with Crippen molar-refractivity contribution in [2.75, 3.05) is 29.6 Å². The van der Waals surface area contributed by atoms with Crippen molar-refractivity contribution >= 4 is 33.2 Å². The standard InChI is InChI=1S/C16H19N3O6S/c20-14(17-18-16(22)11-6-8-26(23,24)10-11)9-19-12-3-1-2-4-13(12)25-7-5-15(19)21/h1-4,11H,5-10H2,(H,17,20)(H,18,22)/t11-/m1/s1. The van der Waals surface area contributed by atoms with Crippen LogP contribution in [0.2, 0.25) is 0 Å². The van der Waals surface area contributed by atoms with Gasteiger partial charge in [-0.15, -0.1) is 0 Å². The van der Waals surface area contributed by atoms with Crippen LogP contribution in [-0.4, -0.2) is 50.8 Å². The van der Waals surface area contributed by atoms with Gasteiger partial charge in [-0.05, 0) is 18.6 Å². The molecule has 0 spiro atoms. The highest BCUT2D eigenvalue weighted by Crippen LogP contribution is 2.30. The van der Waals surface area contributed by atoms with E-state index in [-0.39, 0.29) is 43.4 Å². The van der Waals surface area contributed by atoms with Gasteiger partial charge in [0.05, 0.1) is 36.1 Å². The van der Waals surface area contributed by atoms with Crippen LogP contribution in [0, 0.1) is 5.92 Å². The molecule has 2 N–H and O–H groups in total. The Hall–Kier alpha value is -2.62. The molecule has 9 nitrogen and oxygen atoms in total. The smallest absolute Gasteiger partial charge is 0.258 e. The van der Waals surface area contributed by atoms with Gasteiger partial charge in [-0.25, -0.2) is 8.42 Å². The predicted molar refractivity (Wildman–Crippen MR) is 92.0 cm³/mol. The Kier molecular flexibility index (Phi) is 5.12. The third kappa shape index (κ3) is 4.13. The first kappa shape index (κ1) is 18.2. The lowest BCUT2D eigenvalue weighted by molar-refractivity contribution is -0.130. The van der Waals surface area contributed by atoms with Crippen LogP contribution in [-0.2, 0) is 24.2 Å². The summed E-state index contributed by atoms with van der Waals surface area (Å²) in [7, 11) is -3.19. The lowest BCUT2D eigenvalue weighted by Crippen LogP contribution is -2.49. The quantitative estimate of drug-likeness (QED) is 0.673. The van der Waals surface area contributed by atoms with Crippen molar-refractivity contribution in [2.45, 2.75) is 12.8 Å². The number of anilines is 1. The lowest BCUT2D eigenvalue weighted by atomic mass is 10.1. The van der Waals surface area contributed by atoms with Crippen LogP contribution in [0.1, 0.15) is 12.8 Å². The SMILES string of the molecule is O=C(CN1C(=O)CCOc2ccccc21)NNC(=O)[C@@H]1CCS(=O)(=O)C1. The average Bonchev–Trinajstić information content (AvgIpc) is 2.90.